The van der Waals surface area contributed by atoms with Gasteiger partial charge in [0.15, 0.2) is 0 Å². The molecule has 0 saturated heterocycles. The first-order valence-corrected chi connectivity index (χ1v) is 9.82. The Morgan fingerprint density at radius 3 is 2.35 bits per heavy atom. The third-order valence-electron chi connectivity index (χ3n) is 4.34. The number of benzene rings is 1. The van der Waals surface area contributed by atoms with E-state index in [1.54, 1.807) is 45.2 Å². The van der Waals surface area contributed by atoms with E-state index in [1.165, 1.54) is 4.31 Å². The van der Waals surface area contributed by atoms with Gasteiger partial charge in [0.25, 0.3) is 0 Å². The first-order chi connectivity index (χ1) is 12.1. The van der Waals surface area contributed by atoms with Crippen LogP contribution in [0.4, 0.5) is 0 Å². The molecule has 2 rings (SSSR count). The number of amides is 1. The predicted octanol–water partition coefficient (Wildman–Crippen LogP) is 2.18. The number of rotatable bonds is 7. The van der Waals surface area contributed by atoms with Crippen LogP contribution in [-0.4, -0.2) is 36.9 Å². The van der Waals surface area contributed by atoms with E-state index in [9.17, 15) is 13.2 Å². The number of nitrogens with one attached hydrogen (secondary N) is 1. The van der Waals surface area contributed by atoms with Crippen molar-refractivity contribution in [2.24, 2.45) is 0 Å². The number of aryl methyl sites for hydroxylation is 2. The van der Waals surface area contributed by atoms with Crippen molar-refractivity contribution in [1.82, 2.24) is 14.8 Å². The summed E-state index contributed by atoms with van der Waals surface area (Å²) in [5, 5.41) is 6.65. The van der Waals surface area contributed by atoms with Crippen molar-refractivity contribution in [3.63, 3.8) is 0 Å². The monoisotopic (exact) mass is 379 g/mol. The zero-order chi connectivity index (χ0) is 19.5. The van der Waals surface area contributed by atoms with Crippen LogP contribution in [0.2, 0.25) is 0 Å². The lowest BCUT2D eigenvalue weighted by Crippen LogP contribution is -2.33. The van der Waals surface area contributed by atoms with Gasteiger partial charge in [-0.25, -0.2) is 8.42 Å². The minimum absolute atomic E-state index is 0.122. The molecule has 142 valence electrons. The van der Waals surface area contributed by atoms with Crippen LogP contribution in [0.25, 0.3) is 0 Å². The van der Waals surface area contributed by atoms with Crippen molar-refractivity contribution in [3.05, 3.63) is 46.8 Å². The number of aromatic nitrogens is 1. The van der Waals surface area contributed by atoms with Gasteiger partial charge in [-0.15, -0.1) is 0 Å². The Morgan fingerprint density at radius 1 is 1.23 bits per heavy atom. The molecule has 7 nitrogen and oxygen atoms in total. The molecule has 1 amide bonds. The largest absolute Gasteiger partial charge is 0.361 e. The summed E-state index contributed by atoms with van der Waals surface area (Å²) in [6.45, 7) is 7.53. The fourth-order valence-electron chi connectivity index (χ4n) is 2.40. The molecule has 26 heavy (non-hydrogen) atoms. The highest BCUT2D eigenvalue weighted by atomic mass is 32.2. The Labute approximate surface area is 154 Å². The second-order valence-corrected chi connectivity index (χ2v) is 8.51. The van der Waals surface area contributed by atoms with E-state index in [-0.39, 0.29) is 23.3 Å². The topological polar surface area (TPSA) is 92.5 Å². The van der Waals surface area contributed by atoms with Crippen LogP contribution < -0.4 is 5.32 Å². The van der Waals surface area contributed by atoms with Crippen LogP contribution in [0.1, 0.15) is 36.4 Å². The fourth-order valence-corrected chi connectivity index (χ4v) is 3.77. The average molecular weight is 379 g/mol. The van der Waals surface area contributed by atoms with E-state index in [4.69, 9.17) is 4.52 Å². The molecule has 0 radical (unpaired) electrons. The van der Waals surface area contributed by atoms with Gasteiger partial charge in [0.2, 0.25) is 15.9 Å². The summed E-state index contributed by atoms with van der Waals surface area (Å²) in [6.07, 6.45) is 0.201. The molecule has 1 aromatic carbocycles. The minimum atomic E-state index is -3.50. The van der Waals surface area contributed by atoms with Gasteiger partial charge in [-0.1, -0.05) is 17.3 Å². The molecule has 1 N–H and O–H groups in total. The van der Waals surface area contributed by atoms with E-state index in [2.05, 4.69) is 10.5 Å². The third kappa shape index (κ3) is 4.50. The molecular weight excluding hydrogens is 354 g/mol. The Hall–Kier alpha value is -2.19. The molecule has 0 spiro atoms. The molecule has 1 heterocycles. The third-order valence-corrected chi connectivity index (χ3v) is 6.38. The van der Waals surface area contributed by atoms with E-state index >= 15 is 0 Å². The van der Waals surface area contributed by atoms with E-state index in [0.717, 1.165) is 11.1 Å². The zero-order valence-corrected chi connectivity index (χ0v) is 16.6. The second-order valence-electron chi connectivity index (χ2n) is 6.52. The fraction of sp³-hybridized carbons (Fsp3) is 0.444. The summed E-state index contributed by atoms with van der Waals surface area (Å²) in [5.41, 5.74) is 2.32. The first kappa shape index (κ1) is 20.1. The number of carbonyl (C=O) groups excluding carboxylic acids is 1. The van der Waals surface area contributed by atoms with Gasteiger partial charge in [-0.3, -0.25) is 4.79 Å². The lowest BCUT2D eigenvalue weighted by Gasteiger charge is -2.21. The molecule has 8 heteroatoms. The van der Waals surface area contributed by atoms with Gasteiger partial charge in [0.05, 0.1) is 17.0 Å². The summed E-state index contributed by atoms with van der Waals surface area (Å²) in [7, 11) is -1.94. The molecule has 0 aliphatic heterocycles. The maximum atomic E-state index is 12.4. The van der Waals surface area contributed by atoms with Gasteiger partial charge in [-0.05, 0) is 45.4 Å². The van der Waals surface area contributed by atoms with E-state index < -0.39 is 10.0 Å². The van der Waals surface area contributed by atoms with Crippen molar-refractivity contribution >= 4 is 15.9 Å². The number of nitrogens with zero attached hydrogens (tertiary/aromatic N) is 2. The van der Waals surface area contributed by atoms with Crippen molar-refractivity contribution in [3.8, 4) is 0 Å². The molecule has 1 aromatic heterocycles. The first-order valence-electron chi connectivity index (χ1n) is 8.38. The van der Waals surface area contributed by atoms with Gasteiger partial charge in [-0.2, -0.15) is 4.31 Å². The number of carbonyl (C=O) groups is 1. The molecule has 0 fully saturated rings. The molecule has 0 unspecified atom stereocenters. The summed E-state index contributed by atoms with van der Waals surface area (Å²) in [6, 6.07) is 6.41. The quantitative estimate of drug-likeness (QED) is 0.796. The van der Waals surface area contributed by atoms with E-state index in [1.807, 2.05) is 13.8 Å². The van der Waals surface area contributed by atoms with Crippen LogP contribution >= 0.6 is 0 Å². The molecule has 0 bridgehead atoms. The highest BCUT2D eigenvalue weighted by molar-refractivity contribution is 7.89. The summed E-state index contributed by atoms with van der Waals surface area (Å²) in [5.74, 6) is 0.497. The lowest BCUT2D eigenvalue weighted by atomic mass is 10.1. The number of hydrogen-bond donors (Lipinski definition) is 1. The highest BCUT2D eigenvalue weighted by Gasteiger charge is 2.22. The van der Waals surface area contributed by atoms with Gasteiger partial charge in [0.1, 0.15) is 5.76 Å². The number of hydrogen-bond acceptors (Lipinski definition) is 5. The lowest BCUT2D eigenvalue weighted by molar-refractivity contribution is -0.120. The highest BCUT2D eigenvalue weighted by Crippen LogP contribution is 2.17. The minimum Gasteiger partial charge on any atom is -0.361 e. The normalized spacial score (nSPS) is 12.0. The Balaban J connectivity index is 1.98. The summed E-state index contributed by atoms with van der Waals surface area (Å²) in [4.78, 5) is 12.3. The van der Waals surface area contributed by atoms with Crippen molar-refractivity contribution in [2.45, 2.75) is 51.6 Å². The second kappa shape index (κ2) is 8.01. The van der Waals surface area contributed by atoms with Gasteiger partial charge >= 0.3 is 0 Å². The SMILES string of the molecule is Cc1noc(C)c1CC(=O)NCc1ccc(S(=O)(=O)N(C)C(C)C)cc1. The Morgan fingerprint density at radius 2 is 1.85 bits per heavy atom. The molecule has 0 atom stereocenters. The predicted molar refractivity (Wildman–Crippen MR) is 98.1 cm³/mol. The molecule has 2 aromatic rings. The standard InChI is InChI=1S/C18H25N3O4S/c1-12(2)21(5)26(23,24)16-8-6-15(7-9-16)11-19-18(22)10-17-13(3)20-25-14(17)4/h6-9,12H,10-11H2,1-5H3,(H,19,22). The zero-order valence-electron chi connectivity index (χ0n) is 15.7. The van der Waals surface area contributed by atoms with E-state index in [0.29, 0.717) is 18.0 Å². The van der Waals surface area contributed by atoms with Crippen LogP contribution in [0.5, 0.6) is 0 Å². The maximum Gasteiger partial charge on any atom is 0.243 e. The Bertz CT molecular complexity index is 851. The smallest absolute Gasteiger partial charge is 0.243 e. The van der Waals surface area contributed by atoms with Crippen molar-refractivity contribution < 1.29 is 17.7 Å². The Kier molecular flexibility index (Phi) is 6.20. The molecular formula is C18H25N3O4S. The van der Waals surface area contributed by atoms with Crippen LogP contribution in [0.3, 0.4) is 0 Å². The van der Waals surface area contributed by atoms with Crippen molar-refractivity contribution in [1.29, 1.82) is 0 Å². The molecule has 0 aliphatic carbocycles. The van der Waals surface area contributed by atoms with Gasteiger partial charge in [0, 0.05) is 25.2 Å². The van der Waals surface area contributed by atoms with Crippen LogP contribution in [-0.2, 0) is 27.8 Å². The maximum absolute atomic E-state index is 12.4. The summed E-state index contributed by atoms with van der Waals surface area (Å²) >= 11 is 0. The number of sulfonamides is 1. The van der Waals surface area contributed by atoms with Crippen LogP contribution in [0, 0.1) is 13.8 Å². The van der Waals surface area contributed by atoms with Crippen molar-refractivity contribution in [2.75, 3.05) is 7.05 Å². The average Bonchev–Trinajstić information content (AvgIpc) is 2.91. The van der Waals surface area contributed by atoms with Crippen LogP contribution in [0.15, 0.2) is 33.7 Å². The summed E-state index contributed by atoms with van der Waals surface area (Å²) < 4.78 is 31.2. The van der Waals surface area contributed by atoms with Gasteiger partial charge < -0.3 is 9.84 Å². The molecule has 0 saturated carbocycles. The molecule has 0 aliphatic rings.